The van der Waals surface area contributed by atoms with Crippen LogP contribution in [0.2, 0.25) is 0 Å². The molecular formula is C34H42FN3O4S. The molecule has 0 atom stereocenters. The average molecular weight is 608 g/mol. The van der Waals surface area contributed by atoms with E-state index in [9.17, 15) is 9.18 Å². The number of halogens is 1. The molecule has 7 nitrogen and oxygen atoms in total. The summed E-state index contributed by atoms with van der Waals surface area (Å²) in [4.78, 5) is 18.7. The molecule has 2 heterocycles. The standard InChI is InChI=1S/C32H36FN3O4S.C2H6/c1-35-16-12-24(13-17-35)40-28-19-22(34-41-30-26(33)6-4-7-27(30)39-3)18-25-29(28)36(31(37)32(25)14-5-15-32)20-21-8-10-23(38-2)11-9-21;1-2/h4,6-11,18-19,24,34H,5,12-17,20H2,1-3H3;1-2H3. The van der Waals surface area contributed by atoms with Crippen LogP contribution in [0.3, 0.4) is 0 Å². The number of likely N-dealkylation sites (tertiary alicyclic amines) is 1. The van der Waals surface area contributed by atoms with Crippen molar-refractivity contribution in [2.45, 2.75) is 68.9 Å². The van der Waals surface area contributed by atoms with Crippen LogP contribution in [0.15, 0.2) is 59.5 Å². The fourth-order valence-corrected chi connectivity index (χ4v) is 6.85. The number of nitrogens with zero attached hydrogens (tertiary/aromatic N) is 2. The van der Waals surface area contributed by atoms with Crippen molar-refractivity contribution in [3.05, 3.63) is 71.5 Å². The number of piperidine rings is 1. The van der Waals surface area contributed by atoms with Crippen molar-refractivity contribution in [1.29, 1.82) is 0 Å². The van der Waals surface area contributed by atoms with E-state index in [4.69, 9.17) is 14.2 Å². The first-order valence-electron chi connectivity index (χ1n) is 15.2. The van der Waals surface area contributed by atoms with Crippen molar-refractivity contribution in [2.75, 3.05) is 44.0 Å². The maximum Gasteiger partial charge on any atom is 0.238 e. The lowest BCUT2D eigenvalue weighted by atomic mass is 9.65. The molecule has 0 bridgehead atoms. The highest BCUT2D eigenvalue weighted by Crippen LogP contribution is 2.57. The zero-order chi connectivity index (χ0) is 30.6. The topological polar surface area (TPSA) is 63.3 Å². The van der Waals surface area contributed by atoms with Gasteiger partial charge in [0.2, 0.25) is 5.91 Å². The third-order valence-electron chi connectivity index (χ3n) is 8.60. The minimum atomic E-state index is -0.551. The third kappa shape index (κ3) is 6.15. The van der Waals surface area contributed by atoms with Gasteiger partial charge in [0, 0.05) is 24.8 Å². The molecule has 2 aliphatic heterocycles. The van der Waals surface area contributed by atoms with Gasteiger partial charge in [-0.25, -0.2) is 4.39 Å². The monoisotopic (exact) mass is 607 g/mol. The van der Waals surface area contributed by atoms with Gasteiger partial charge in [-0.2, -0.15) is 0 Å². The molecule has 3 aliphatic rings. The van der Waals surface area contributed by atoms with Crippen LogP contribution in [-0.4, -0.2) is 51.3 Å². The predicted molar refractivity (Wildman–Crippen MR) is 171 cm³/mol. The van der Waals surface area contributed by atoms with Gasteiger partial charge in [0.1, 0.15) is 34.1 Å². The first-order valence-corrected chi connectivity index (χ1v) is 16.0. The van der Waals surface area contributed by atoms with Crippen LogP contribution in [0.1, 0.15) is 57.1 Å². The zero-order valence-electron chi connectivity index (χ0n) is 25.7. The molecule has 1 saturated carbocycles. The van der Waals surface area contributed by atoms with Crippen LogP contribution >= 0.6 is 11.9 Å². The largest absolute Gasteiger partial charge is 0.497 e. The Morgan fingerprint density at radius 2 is 1.72 bits per heavy atom. The lowest BCUT2D eigenvalue weighted by Crippen LogP contribution is -2.44. The summed E-state index contributed by atoms with van der Waals surface area (Å²) in [6.45, 7) is 6.38. The minimum absolute atomic E-state index is 0.0562. The van der Waals surface area contributed by atoms with Crippen molar-refractivity contribution in [2.24, 2.45) is 0 Å². The number of carbonyl (C=O) groups is 1. The summed E-state index contributed by atoms with van der Waals surface area (Å²) in [6.07, 6.45) is 4.52. The average Bonchev–Trinajstić information content (AvgIpc) is 3.26. The van der Waals surface area contributed by atoms with E-state index in [1.807, 2.05) is 49.1 Å². The molecule has 3 aromatic rings. The van der Waals surface area contributed by atoms with Crippen LogP contribution in [0.5, 0.6) is 17.2 Å². The zero-order valence-corrected chi connectivity index (χ0v) is 26.6. The van der Waals surface area contributed by atoms with Crippen LogP contribution in [-0.2, 0) is 16.8 Å². The van der Waals surface area contributed by atoms with Crippen LogP contribution in [0.25, 0.3) is 0 Å². The Balaban J connectivity index is 0.00000180. The van der Waals surface area contributed by atoms with Crippen molar-refractivity contribution in [1.82, 2.24) is 4.90 Å². The first-order chi connectivity index (χ1) is 20.9. The van der Waals surface area contributed by atoms with Crippen molar-refractivity contribution in [3.8, 4) is 17.2 Å². The van der Waals surface area contributed by atoms with E-state index in [0.29, 0.717) is 22.9 Å². The van der Waals surface area contributed by atoms with Gasteiger partial charge in [-0.3, -0.25) is 4.79 Å². The molecular weight excluding hydrogens is 565 g/mol. The highest BCUT2D eigenvalue weighted by atomic mass is 32.2. The van der Waals surface area contributed by atoms with Crippen LogP contribution in [0.4, 0.5) is 15.8 Å². The van der Waals surface area contributed by atoms with Gasteiger partial charge in [-0.15, -0.1) is 0 Å². The fraction of sp³-hybridized carbons (Fsp3) is 0.441. The summed E-state index contributed by atoms with van der Waals surface area (Å²) in [7, 11) is 5.31. The number of anilines is 2. The SMILES string of the molecule is CC.COc1ccc(CN2C(=O)C3(CCC3)c3cc(NSc4c(F)cccc4OC)cc(OC4CCN(C)CC4)c32)cc1. The van der Waals surface area contributed by atoms with E-state index in [2.05, 4.69) is 22.7 Å². The van der Waals surface area contributed by atoms with Crippen molar-refractivity contribution < 1.29 is 23.4 Å². The third-order valence-corrected chi connectivity index (χ3v) is 9.54. The van der Waals surface area contributed by atoms with Gasteiger partial charge in [-0.05, 0) is 86.1 Å². The van der Waals surface area contributed by atoms with Gasteiger partial charge < -0.3 is 28.7 Å². The van der Waals surface area contributed by atoms with Crippen molar-refractivity contribution >= 4 is 29.2 Å². The Morgan fingerprint density at radius 1 is 1.00 bits per heavy atom. The number of fused-ring (bicyclic) bond motifs is 2. The minimum Gasteiger partial charge on any atom is -0.497 e. The Kier molecular flexibility index (Phi) is 9.72. The second-order valence-electron chi connectivity index (χ2n) is 11.1. The highest BCUT2D eigenvalue weighted by molar-refractivity contribution is 8.00. The molecule has 1 amide bonds. The molecule has 0 radical (unpaired) electrons. The number of ether oxygens (including phenoxy) is 3. The van der Waals surface area contributed by atoms with Gasteiger partial charge in [0.25, 0.3) is 0 Å². The molecule has 0 aromatic heterocycles. The Labute approximate surface area is 258 Å². The molecule has 3 aromatic carbocycles. The molecule has 1 N–H and O–H groups in total. The molecule has 6 rings (SSSR count). The number of benzene rings is 3. The Hall–Kier alpha value is -3.43. The lowest BCUT2D eigenvalue weighted by molar-refractivity contribution is -0.126. The number of amides is 1. The van der Waals surface area contributed by atoms with E-state index in [1.54, 1.807) is 19.2 Å². The van der Waals surface area contributed by atoms with Gasteiger partial charge in [0.15, 0.2) is 0 Å². The molecule has 230 valence electrons. The van der Waals surface area contributed by atoms with E-state index < -0.39 is 5.41 Å². The molecule has 0 unspecified atom stereocenters. The van der Waals surface area contributed by atoms with E-state index in [0.717, 1.165) is 85.4 Å². The lowest BCUT2D eigenvalue weighted by Gasteiger charge is -2.37. The first kappa shape index (κ1) is 31.0. The van der Waals surface area contributed by atoms with Gasteiger partial charge >= 0.3 is 0 Å². The maximum absolute atomic E-state index is 14.7. The van der Waals surface area contributed by atoms with Crippen LogP contribution in [0, 0.1) is 5.82 Å². The molecule has 2 fully saturated rings. The van der Waals surface area contributed by atoms with Gasteiger partial charge in [0.05, 0.1) is 31.9 Å². The summed E-state index contributed by atoms with van der Waals surface area (Å²) in [5.74, 6) is 1.71. The summed E-state index contributed by atoms with van der Waals surface area (Å²) in [6, 6.07) is 16.7. The number of methoxy groups -OCH3 is 2. The molecule has 9 heteroatoms. The second kappa shape index (κ2) is 13.5. The summed E-state index contributed by atoms with van der Waals surface area (Å²) in [5.41, 5.74) is 3.10. The maximum atomic E-state index is 14.7. The summed E-state index contributed by atoms with van der Waals surface area (Å²) in [5, 5.41) is 0. The number of hydrogen-bond donors (Lipinski definition) is 1. The molecule has 1 spiro atoms. The highest BCUT2D eigenvalue weighted by Gasteiger charge is 2.55. The molecule has 1 aliphatic carbocycles. The predicted octanol–water partition coefficient (Wildman–Crippen LogP) is 7.43. The van der Waals surface area contributed by atoms with Crippen LogP contribution < -0.4 is 23.8 Å². The molecule has 43 heavy (non-hydrogen) atoms. The Bertz CT molecular complexity index is 1420. The number of carbonyl (C=O) groups excluding carboxylic acids is 1. The van der Waals surface area contributed by atoms with E-state index >= 15 is 0 Å². The van der Waals surface area contributed by atoms with Crippen molar-refractivity contribution in [3.63, 3.8) is 0 Å². The van der Waals surface area contributed by atoms with E-state index in [1.165, 1.54) is 13.2 Å². The van der Waals surface area contributed by atoms with E-state index in [-0.39, 0.29) is 17.8 Å². The summed E-state index contributed by atoms with van der Waals surface area (Å²) >= 11 is 1.16. The Morgan fingerprint density at radius 3 is 2.35 bits per heavy atom. The smallest absolute Gasteiger partial charge is 0.238 e. The number of hydrogen-bond acceptors (Lipinski definition) is 7. The summed E-state index contributed by atoms with van der Waals surface area (Å²) < 4.78 is 35.5. The number of nitrogens with one attached hydrogen (secondary N) is 1. The second-order valence-corrected chi connectivity index (χ2v) is 12.0. The molecule has 1 saturated heterocycles. The normalized spacial score (nSPS) is 17.5. The quantitative estimate of drug-likeness (QED) is 0.254. The fourth-order valence-electron chi connectivity index (χ4n) is 6.09. The number of rotatable bonds is 9. The van der Waals surface area contributed by atoms with Gasteiger partial charge in [-0.1, -0.05) is 38.5 Å².